The normalized spacial score (nSPS) is 12.8. The van der Waals surface area contributed by atoms with E-state index in [1.165, 1.54) is 11.3 Å². The molecule has 2 rings (SSSR count). The Labute approximate surface area is 132 Å². The highest BCUT2D eigenvalue weighted by atomic mass is 32.1. The van der Waals surface area contributed by atoms with E-state index in [1.807, 2.05) is 6.92 Å². The molecule has 2 N–H and O–H groups in total. The molecule has 0 aliphatic heterocycles. The highest BCUT2D eigenvalue weighted by Crippen LogP contribution is 2.39. The fourth-order valence-corrected chi connectivity index (χ4v) is 3.68. The molecule has 1 aromatic heterocycles. The van der Waals surface area contributed by atoms with Crippen LogP contribution in [0.5, 0.6) is 0 Å². The summed E-state index contributed by atoms with van der Waals surface area (Å²) < 4.78 is 5.20. The summed E-state index contributed by atoms with van der Waals surface area (Å²) in [5.41, 5.74) is 1.43. The molecule has 0 atom stereocenters. The van der Waals surface area contributed by atoms with Gasteiger partial charge in [0.1, 0.15) is 5.00 Å². The number of aryl methyl sites for hydroxylation is 1. The molecule has 0 fully saturated rings. The Hall–Kier alpha value is -1.89. The van der Waals surface area contributed by atoms with Crippen molar-refractivity contribution in [2.45, 2.75) is 45.4 Å². The standard InChI is InChI=1S/C15H19NO5S/c1-2-8-21-15(20)13-9-4-3-5-10(9)22-14(13)16-11(17)6-7-12(18)19/h2-8H2,1H3,(H,16,17)(H,18,19). The van der Waals surface area contributed by atoms with Crippen molar-refractivity contribution in [2.24, 2.45) is 0 Å². The zero-order valence-corrected chi connectivity index (χ0v) is 13.3. The number of esters is 1. The first-order valence-electron chi connectivity index (χ1n) is 7.36. The number of carboxylic acid groups (broad SMARTS) is 1. The molecule has 6 nitrogen and oxygen atoms in total. The summed E-state index contributed by atoms with van der Waals surface area (Å²) in [7, 11) is 0. The number of carbonyl (C=O) groups is 3. The average molecular weight is 325 g/mol. The second-order valence-electron chi connectivity index (χ2n) is 5.14. The van der Waals surface area contributed by atoms with Crippen LogP contribution in [0.2, 0.25) is 0 Å². The van der Waals surface area contributed by atoms with E-state index in [4.69, 9.17) is 9.84 Å². The third-order valence-electron chi connectivity index (χ3n) is 3.38. The Morgan fingerprint density at radius 1 is 1.27 bits per heavy atom. The molecular weight excluding hydrogens is 306 g/mol. The van der Waals surface area contributed by atoms with E-state index in [9.17, 15) is 14.4 Å². The Bertz CT molecular complexity index is 593. The lowest BCUT2D eigenvalue weighted by Crippen LogP contribution is -2.16. The number of ether oxygens (including phenoxy) is 1. The molecule has 0 bridgehead atoms. The van der Waals surface area contributed by atoms with E-state index in [0.29, 0.717) is 17.2 Å². The number of hydrogen-bond donors (Lipinski definition) is 2. The lowest BCUT2D eigenvalue weighted by atomic mass is 10.1. The van der Waals surface area contributed by atoms with Gasteiger partial charge in [-0.2, -0.15) is 0 Å². The SMILES string of the molecule is CCCOC(=O)c1c(NC(=O)CCC(=O)O)sc2c1CCC2. The van der Waals surface area contributed by atoms with Crippen molar-refractivity contribution in [2.75, 3.05) is 11.9 Å². The second kappa shape index (κ2) is 7.40. The minimum Gasteiger partial charge on any atom is -0.481 e. The molecule has 0 unspecified atom stereocenters. The molecule has 0 spiro atoms. The van der Waals surface area contributed by atoms with Crippen LogP contribution in [0, 0.1) is 0 Å². The highest BCUT2D eigenvalue weighted by molar-refractivity contribution is 7.17. The van der Waals surface area contributed by atoms with Crippen LogP contribution >= 0.6 is 11.3 Å². The van der Waals surface area contributed by atoms with Crippen LogP contribution in [0.4, 0.5) is 5.00 Å². The molecular formula is C15H19NO5S. The van der Waals surface area contributed by atoms with E-state index in [0.717, 1.165) is 36.1 Å². The van der Waals surface area contributed by atoms with Gasteiger partial charge in [0.05, 0.1) is 18.6 Å². The first-order valence-corrected chi connectivity index (χ1v) is 8.17. The maximum Gasteiger partial charge on any atom is 0.341 e. The average Bonchev–Trinajstić information content (AvgIpc) is 3.02. The fraction of sp³-hybridized carbons (Fsp3) is 0.533. The van der Waals surface area contributed by atoms with Gasteiger partial charge in [0.25, 0.3) is 0 Å². The summed E-state index contributed by atoms with van der Waals surface area (Å²) >= 11 is 1.39. The molecule has 1 aliphatic carbocycles. The van der Waals surface area contributed by atoms with E-state index in [-0.39, 0.29) is 12.8 Å². The number of rotatable bonds is 7. The molecule has 120 valence electrons. The van der Waals surface area contributed by atoms with E-state index in [2.05, 4.69) is 5.32 Å². The Balaban J connectivity index is 2.15. The summed E-state index contributed by atoms with van der Waals surface area (Å²) in [6, 6.07) is 0. The lowest BCUT2D eigenvalue weighted by Gasteiger charge is -2.08. The minimum atomic E-state index is -1.02. The Morgan fingerprint density at radius 2 is 2.05 bits per heavy atom. The Kier molecular flexibility index (Phi) is 5.54. The zero-order chi connectivity index (χ0) is 16.1. The monoisotopic (exact) mass is 325 g/mol. The molecule has 0 saturated carbocycles. The number of aliphatic carboxylic acids is 1. The Morgan fingerprint density at radius 3 is 2.73 bits per heavy atom. The summed E-state index contributed by atoms with van der Waals surface area (Å²) in [5.74, 6) is -1.83. The van der Waals surface area contributed by atoms with Crippen molar-refractivity contribution in [3.8, 4) is 0 Å². The third kappa shape index (κ3) is 3.85. The fourth-order valence-electron chi connectivity index (χ4n) is 2.38. The summed E-state index contributed by atoms with van der Waals surface area (Å²) in [6.07, 6.45) is 3.11. The summed E-state index contributed by atoms with van der Waals surface area (Å²) in [4.78, 5) is 35.7. The molecule has 1 heterocycles. The molecule has 1 amide bonds. The predicted molar refractivity (Wildman–Crippen MR) is 82.4 cm³/mol. The minimum absolute atomic E-state index is 0.110. The summed E-state index contributed by atoms with van der Waals surface area (Å²) in [5, 5.41) is 11.8. The van der Waals surface area contributed by atoms with Crippen LogP contribution in [0.15, 0.2) is 0 Å². The third-order valence-corrected chi connectivity index (χ3v) is 4.59. The van der Waals surface area contributed by atoms with Gasteiger partial charge < -0.3 is 15.2 Å². The number of amides is 1. The zero-order valence-electron chi connectivity index (χ0n) is 12.4. The van der Waals surface area contributed by atoms with Gasteiger partial charge in [0, 0.05) is 11.3 Å². The molecule has 22 heavy (non-hydrogen) atoms. The van der Waals surface area contributed by atoms with Crippen molar-refractivity contribution in [1.82, 2.24) is 0 Å². The number of anilines is 1. The van der Waals surface area contributed by atoms with Gasteiger partial charge in [-0.15, -0.1) is 11.3 Å². The highest BCUT2D eigenvalue weighted by Gasteiger charge is 2.28. The number of carbonyl (C=O) groups excluding carboxylic acids is 2. The largest absolute Gasteiger partial charge is 0.481 e. The molecule has 0 aromatic carbocycles. The van der Waals surface area contributed by atoms with Crippen molar-refractivity contribution >= 4 is 34.2 Å². The van der Waals surface area contributed by atoms with E-state index < -0.39 is 17.8 Å². The van der Waals surface area contributed by atoms with E-state index in [1.54, 1.807) is 0 Å². The number of hydrogen-bond acceptors (Lipinski definition) is 5. The topological polar surface area (TPSA) is 92.7 Å². The maximum atomic E-state index is 12.2. The molecule has 0 radical (unpaired) electrons. The first-order chi connectivity index (χ1) is 10.5. The number of thiophene rings is 1. The van der Waals surface area contributed by atoms with Crippen LogP contribution < -0.4 is 5.32 Å². The number of fused-ring (bicyclic) bond motifs is 1. The van der Waals surface area contributed by atoms with Crippen molar-refractivity contribution in [3.63, 3.8) is 0 Å². The van der Waals surface area contributed by atoms with Crippen LogP contribution in [-0.2, 0) is 27.2 Å². The maximum absolute atomic E-state index is 12.2. The number of nitrogens with one attached hydrogen (secondary N) is 1. The lowest BCUT2D eigenvalue weighted by molar-refractivity contribution is -0.138. The second-order valence-corrected chi connectivity index (χ2v) is 6.24. The molecule has 7 heteroatoms. The van der Waals surface area contributed by atoms with Crippen LogP contribution in [0.25, 0.3) is 0 Å². The van der Waals surface area contributed by atoms with Crippen LogP contribution in [0.1, 0.15) is 53.4 Å². The molecule has 0 saturated heterocycles. The smallest absolute Gasteiger partial charge is 0.341 e. The molecule has 1 aliphatic rings. The van der Waals surface area contributed by atoms with Gasteiger partial charge in [-0.25, -0.2) is 4.79 Å². The first kappa shape index (κ1) is 16.5. The quantitative estimate of drug-likeness (QED) is 0.752. The van der Waals surface area contributed by atoms with Gasteiger partial charge >= 0.3 is 11.9 Å². The number of carboxylic acids is 1. The van der Waals surface area contributed by atoms with Gasteiger partial charge in [-0.3, -0.25) is 9.59 Å². The van der Waals surface area contributed by atoms with Gasteiger partial charge in [-0.1, -0.05) is 6.92 Å². The summed E-state index contributed by atoms with van der Waals surface area (Å²) in [6.45, 7) is 2.26. The van der Waals surface area contributed by atoms with Gasteiger partial charge in [-0.05, 0) is 31.2 Å². The van der Waals surface area contributed by atoms with Crippen LogP contribution in [-0.4, -0.2) is 29.6 Å². The van der Waals surface area contributed by atoms with Crippen molar-refractivity contribution in [3.05, 3.63) is 16.0 Å². The van der Waals surface area contributed by atoms with Crippen LogP contribution in [0.3, 0.4) is 0 Å². The van der Waals surface area contributed by atoms with Crippen molar-refractivity contribution < 1.29 is 24.2 Å². The van der Waals surface area contributed by atoms with Crippen molar-refractivity contribution in [1.29, 1.82) is 0 Å². The van der Waals surface area contributed by atoms with Gasteiger partial charge in [0.15, 0.2) is 0 Å². The van der Waals surface area contributed by atoms with Gasteiger partial charge in [0.2, 0.25) is 5.91 Å². The molecule has 1 aromatic rings. The van der Waals surface area contributed by atoms with E-state index >= 15 is 0 Å². The predicted octanol–water partition coefficient (Wildman–Crippen LogP) is 2.61.